The smallest absolute Gasteiger partial charge is 0.164 e. The van der Waals surface area contributed by atoms with Gasteiger partial charge in [0.1, 0.15) is 17.2 Å². The Morgan fingerprint density at radius 2 is 0.864 bits per heavy atom. The van der Waals surface area contributed by atoms with Crippen molar-refractivity contribution in [3.63, 3.8) is 0 Å². The molecular weight excluding hydrogens is 725 g/mol. The summed E-state index contributed by atoms with van der Waals surface area (Å²) >= 11 is 0. The minimum atomic E-state index is 0.494. The second kappa shape index (κ2) is 12.8. The van der Waals surface area contributed by atoms with Crippen molar-refractivity contribution < 1.29 is 4.42 Å². The van der Waals surface area contributed by atoms with Crippen molar-refractivity contribution >= 4 is 65.6 Å². The molecule has 0 atom stereocenters. The average molecular weight is 755 g/mol. The van der Waals surface area contributed by atoms with Crippen LogP contribution in [-0.4, -0.2) is 24.1 Å². The first-order valence-electron chi connectivity index (χ1n) is 19.5. The van der Waals surface area contributed by atoms with Gasteiger partial charge in [-0.25, -0.2) is 15.0 Å². The summed E-state index contributed by atoms with van der Waals surface area (Å²) in [6.07, 6.45) is 0. The van der Waals surface area contributed by atoms with Crippen LogP contribution in [0.2, 0.25) is 0 Å². The second-order valence-electron chi connectivity index (χ2n) is 14.8. The first kappa shape index (κ1) is 32.9. The molecule has 0 spiro atoms. The Morgan fingerprint density at radius 3 is 1.42 bits per heavy atom. The molecule has 0 fully saturated rings. The highest BCUT2D eigenvalue weighted by Gasteiger charge is 2.21. The van der Waals surface area contributed by atoms with Crippen LogP contribution in [-0.2, 0) is 0 Å². The first-order valence-corrected chi connectivity index (χ1v) is 19.5. The molecule has 0 aliphatic rings. The van der Waals surface area contributed by atoms with Crippen molar-refractivity contribution in [3.05, 3.63) is 188 Å². The highest BCUT2D eigenvalue weighted by molar-refractivity contribution is 6.21. The van der Waals surface area contributed by atoms with Gasteiger partial charge in [-0.05, 0) is 66.7 Å². The number of fused-ring (bicyclic) bond motifs is 9. The molecular formula is C52H30N6O. The highest BCUT2D eigenvalue weighted by Crippen LogP contribution is 2.42. The average Bonchev–Trinajstić information content (AvgIpc) is 3.94. The maximum atomic E-state index is 10.8. The Morgan fingerprint density at radius 1 is 0.390 bits per heavy atom. The van der Waals surface area contributed by atoms with Gasteiger partial charge in [-0.3, -0.25) is 0 Å². The van der Waals surface area contributed by atoms with Crippen molar-refractivity contribution in [3.8, 4) is 51.6 Å². The van der Waals surface area contributed by atoms with Crippen molar-refractivity contribution in [1.82, 2.24) is 24.1 Å². The Labute approximate surface area is 337 Å². The van der Waals surface area contributed by atoms with Crippen LogP contribution in [0, 0.1) is 11.3 Å². The fourth-order valence-electron chi connectivity index (χ4n) is 8.71. The standard InChI is InChI=1S/C52H30N6O/c53-31-35-26-34(52-55-50(32-14-4-1-5-15-32)54-51(56-52)33-16-6-2-7-17-33)24-25-43(35)58-45-23-13-11-21-38(45)40-30-49-42(28-47(40)58)41-27-46-39(29-48(41)59-49)37-20-10-12-22-44(37)57(46)36-18-8-3-9-19-36/h1-30H. The Hall–Kier alpha value is -8.34. The van der Waals surface area contributed by atoms with Gasteiger partial charge in [-0.15, -0.1) is 0 Å². The fraction of sp³-hybridized carbons (Fsp3) is 0. The Kier molecular flexibility index (Phi) is 7.16. The van der Waals surface area contributed by atoms with E-state index in [9.17, 15) is 5.26 Å². The van der Waals surface area contributed by atoms with Crippen molar-refractivity contribution in [2.24, 2.45) is 0 Å². The minimum absolute atomic E-state index is 0.494. The molecule has 0 N–H and O–H groups in total. The van der Waals surface area contributed by atoms with E-state index in [0.717, 1.165) is 88.2 Å². The van der Waals surface area contributed by atoms with Crippen molar-refractivity contribution in [1.29, 1.82) is 5.26 Å². The molecule has 0 amide bonds. The summed E-state index contributed by atoms with van der Waals surface area (Å²) in [6.45, 7) is 0. The van der Waals surface area contributed by atoms with E-state index in [-0.39, 0.29) is 0 Å². The molecule has 7 heteroatoms. The second-order valence-corrected chi connectivity index (χ2v) is 14.8. The Bertz CT molecular complexity index is 3610. The molecule has 4 heterocycles. The number of benzene rings is 8. The van der Waals surface area contributed by atoms with Crippen LogP contribution in [0.3, 0.4) is 0 Å². The molecule has 4 aromatic heterocycles. The van der Waals surface area contributed by atoms with E-state index in [0.29, 0.717) is 23.0 Å². The number of nitrogens with zero attached hydrogens (tertiary/aromatic N) is 6. The molecule has 0 unspecified atom stereocenters. The summed E-state index contributed by atoms with van der Waals surface area (Å²) in [5.41, 5.74) is 10.7. The number of furan rings is 1. The third kappa shape index (κ3) is 5.10. The van der Waals surface area contributed by atoms with Gasteiger partial charge in [0.2, 0.25) is 0 Å². The van der Waals surface area contributed by atoms with Gasteiger partial charge in [0.25, 0.3) is 0 Å². The quantitative estimate of drug-likeness (QED) is 0.175. The van der Waals surface area contributed by atoms with E-state index in [1.807, 2.05) is 91.0 Å². The third-order valence-corrected chi connectivity index (χ3v) is 11.4. The predicted molar refractivity (Wildman–Crippen MR) is 237 cm³/mol. The van der Waals surface area contributed by atoms with Crippen LogP contribution in [0.5, 0.6) is 0 Å². The number of nitriles is 1. The van der Waals surface area contributed by atoms with Crippen LogP contribution in [0.4, 0.5) is 0 Å². The summed E-state index contributed by atoms with van der Waals surface area (Å²) in [5, 5.41) is 17.3. The molecule has 0 bridgehead atoms. The van der Waals surface area contributed by atoms with E-state index >= 15 is 0 Å². The molecule has 12 aromatic rings. The monoisotopic (exact) mass is 754 g/mol. The van der Waals surface area contributed by atoms with Crippen LogP contribution in [0.25, 0.3) is 111 Å². The molecule has 0 saturated heterocycles. The number of hydrogen-bond acceptors (Lipinski definition) is 5. The summed E-state index contributed by atoms with van der Waals surface area (Å²) in [4.78, 5) is 14.7. The van der Waals surface area contributed by atoms with Gasteiger partial charge in [-0.2, -0.15) is 5.26 Å². The van der Waals surface area contributed by atoms with E-state index in [2.05, 4.69) is 106 Å². The molecule has 0 saturated carbocycles. The highest BCUT2D eigenvalue weighted by atomic mass is 16.3. The van der Waals surface area contributed by atoms with Gasteiger partial charge >= 0.3 is 0 Å². The summed E-state index contributed by atoms with van der Waals surface area (Å²) < 4.78 is 11.2. The van der Waals surface area contributed by atoms with E-state index < -0.39 is 0 Å². The SMILES string of the molecule is N#Cc1cc(-c2nc(-c3ccccc3)nc(-c3ccccc3)n2)ccc1-n1c2ccccc2c2cc3oc4cc5c6ccccc6n(-c6ccccc6)c5cc4c3cc21. The number of aromatic nitrogens is 5. The minimum Gasteiger partial charge on any atom is -0.456 e. The van der Waals surface area contributed by atoms with Crippen molar-refractivity contribution in [2.45, 2.75) is 0 Å². The lowest BCUT2D eigenvalue weighted by atomic mass is 10.1. The summed E-state index contributed by atoms with van der Waals surface area (Å²) in [6, 6.07) is 64.4. The van der Waals surface area contributed by atoms with Crippen LogP contribution in [0.15, 0.2) is 186 Å². The summed E-state index contributed by atoms with van der Waals surface area (Å²) in [5.74, 6) is 1.63. The molecule has 0 aliphatic heterocycles. The van der Waals surface area contributed by atoms with Gasteiger partial charge < -0.3 is 13.6 Å². The van der Waals surface area contributed by atoms with Crippen LogP contribution in [0.1, 0.15) is 5.56 Å². The fourth-order valence-corrected chi connectivity index (χ4v) is 8.71. The van der Waals surface area contributed by atoms with Crippen LogP contribution >= 0.6 is 0 Å². The normalized spacial score (nSPS) is 11.7. The molecule has 0 aliphatic carbocycles. The largest absolute Gasteiger partial charge is 0.456 e. The maximum absolute atomic E-state index is 10.8. The van der Waals surface area contributed by atoms with Gasteiger partial charge in [0, 0.05) is 54.7 Å². The lowest BCUT2D eigenvalue weighted by Gasteiger charge is -2.12. The maximum Gasteiger partial charge on any atom is 0.164 e. The predicted octanol–water partition coefficient (Wildman–Crippen LogP) is 12.8. The molecule has 0 radical (unpaired) electrons. The van der Waals surface area contributed by atoms with Gasteiger partial charge in [0.05, 0.1) is 33.3 Å². The topological polar surface area (TPSA) is 85.5 Å². The van der Waals surface area contributed by atoms with Crippen LogP contribution < -0.4 is 0 Å². The number of hydrogen-bond donors (Lipinski definition) is 0. The zero-order valence-corrected chi connectivity index (χ0v) is 31.4. The molecule has 274 valence electrons. The van der Waals surface area contributed by atoms with E-state index in [4.69, 9.17) is 19.4 Å². The Balaban J connectivity index is 1.07. The zero-order valence-electron chi connectivity index (χ0n) is 31.4. The third-order valence-electron chi connectivity index (χ3n) is 11.4. The molecule has 12 rings (SSSR count). The summed E-state index contributed by atoms with van der Waals surface area (Å²) in [7, 11) is 0. The first-order chi connectivity index (χ1) is 29.2. The lowest BCUT2D eigenvalue weighted by Crippen LogP contribution is -2.02. The van der Waals surface area contributed by atoms with E-state index in [1.54, 1.807) is 0 Å². The van der Waals surface area contributed by atoms with Crippen molar-refractivity contribution in [2.75, 3.05) is 0 Å². The van der Waals surface area contributed by atoms with Gasteiger partial charge in [0.15, 0.2) is 17.5 Å². The van der Waals surface area contributed by atoms with Gasteiger partial charge in [-0.1, -0.05) is 115 Å². The molecule has 8 aromatic carbocycles. The lowest BCUT2D eigenvalue weighted by molar-refractivity contribution is 0.670. The zero-order chi connectivity index (χ0) is 39.0. The number of para-hydroxylation sites is 3. The molecule has 7 nitrogen and oxygen atoms in total. The molecule has 59 heavy (non-hydrogen) atoms. The number of rotatable bonds is 5. The van der Waals surface area contributed by atoms with E-state index in [1.165, 1.54) is 5.39 Å².